The zero-order valence-electron chi connectivity index (χ0n) is 25.0. The number of halogens is 1. The fraction of sp³-hybridized carbons (Fsp3) is 0.314. The molecular formula is C35H37FN6OS. The number of carbonyl (C=O) groups excluding carboxylic acids is 1. The van der Waals surface area contributed by atoms with Gasteiger partial charge in [-0.3, -0.25) is 9.69 Å². The van der Waals surface area contributed by atoms with Crippen LogP contribution in [0.15, 0.2) is 84.0 Å². The fourth-order valence-corrected chi connectivity index (χ4v) is 6.44. The molecule has 0 radical (unpaired) electrons. The van der Waals surface area contributed by atoms with E-state index < -0.39 is 0 Å². The van der Waals surface area contributed by atoms with Crippen LogP contribution in [0.25, 0.3) is 28.1 Å². The fourth-order valence-electron chi connectivity index (χ4n) is 5.65. The number of unbranched alkanes of at least 4 members (excludes halogenated alkanes) is 1. The van der Waals surface area contributed by atoms with E-state index >= 15 is 0 Å². The van der Waals surface area contributed by atoms with E-state index in [-0.39, 0.29) is 11.7 Å². The summed E-state index contributed by atoms with van der Waals surface area (Å²) >= 11 is 1.55. The summed E-state index contributed by atoms with van der Waals surface area (Å²) in [4.78, 5) is 22.1. The van der Waals surface area contributed by atoms with E-state index in [0.29, 0.717) is 29.3 Å². The van der Waals surface area contributed by atoms with Gasteiger partial charge in [0.25, 0.3) is 0 Å². The first-order valence-corrected chi connectivity index (χ1v) is 16.2. The Morgan fingerprint density at radius 3 is 2.57 bits per heavy atom. The Hall–Kier alpha value is -4.08. The van der Waals surface area contributed by atoms with Gasteiger partial charge in [0.2, 0.25) is 11.1 Å². The number of aromatic nitrogens is 4. The van der Waals surface area contributed by atoms with E-state index in [4.69, 9.17) is 4.98 Å². The van der Waals surface area contributed by atoms with Gasteiger partial charge in [0, 0.05) is 55.8 Å². The van der Waals surface area contributed by atoms with Gasteiger partial charge >= 0.3 is 0 Å². The van der Waals surface area contributed by atoms with Gasteiger partial charge in [0.1, 0.15) is 11.3 Å². The number of carbonyl (C=O) groups is 1. The van der Waals surface area contributed by atoms with Gasteiger partial charge in [-0.2, -0.15) is 0 Å². The molecule has 5 aromatic rings. The van der Waals surface area contributed by atoms with Crippen LogP contribution >= 0.6 is 11.8 Å². The van der Waals surface area contributed by atoms with Crippen molar-refractivity contribution in [2.45, 2.75) is 37.9 Å². The number of thioether (sulfide) groups is 1. The number of amides is 1. The number of hydrogen-bond acceptors (Lipinski definition) is 6. The lowest BCUT2D eigenvalue weighted by atomic mass is 10.1. The maximum Gasteiger partial charge on any atom is 0.222 e. The highest BCUT2D eigenvalue weighted by atomic mass is 32.2. The van der Waals surface area contributed by atoms with Crippen LogP contribution in [-0.4, -0.2) is 73.9 Å². The number of benzene rings is 3. The molecule has 0 atom stereocenters. The third kappa shape index (κ3) is 7.17. The molecule has 0 bridgehead atoms. The van der Waals surface area contributed by atoms with Gasteiger partial charge < -0.3 is 9.47 Å². The number of hydrogen-bond donors (Lipinski definition) is 0. The predicted molar refractivity (Wildman–Crippen MR) is 176 cm³/mol. The highest BCUT2D eigenvalue weighted by Gasteiger charge is 2.20. The minimum Gasteiger partial charge on any atom is -0.340 e. The van der Waals surface area contributed by atoms with Crippen molar-refractivity contribution in [1.82, 2.24) is 29.5 Å². The molecule has 6 rings (SSSR count). The molecule has 44 heavy (non-hydrogen) atoms. The van der Waals surface area contributed by atoms with E-state index in [9.17, 15) is 9.18 Å². The van der Waals surface area contributed by atoms with Crippen molar-refractivity contribution >= 4 is 45.8 Å². The maximum atomic E-state index is 14.6. The molecule has 0 saturated carbocycles. The summed E-state index contributed by atoms with van der Waals surface area (Å²) in [5.41, 5.74) is 5.32. The Morgan fingerprint density at radius 1 is 0.955 bits per heavy atom. The van der Waals surface area contributed by atoms with Crippen LogP contribution in [0.2, 0.25) is 0 Å². The summed E-state index contributed by atoms with van der Waals surface area (Å²) in [6.45, 7) is 6.68. The molecule has 3 aromatic carbocycles. The summed E-state index contributed by atoms with van der Waals surface area (Å²) in [7, 11) is 0. The van der Waals surface area contributed by atoms with Crippen molar-refractivity contribution in [3.63, 3.8) is 0 Å². The third-order valence-electron chi connectivity index (χ3n) is 8.10. The summed E-state index contributed by atoms with van der Waals surface area (Å²) in [6, 6.07) is 23.3. The Morgan fingerprint density at radius 2 is 1.75 bits per heavy atom. The predicted octanol–water partition coefficient (Wildman–Crippen LogP) is 6.60. The van der Waals surface area contributed by atoms with E-state index in [2.05, 4.69) is 45.4 Å². The number of rotatable bonds is 11. The van der Waals surface area contributed by atoms with E-state index in [0.717, 1.165) is 73.3 Å². The molecule has 3 heterocycles. The van der Waals surface area contributed by atoms with Gasteiger partial charge in [-0.1, -0.05) is 84.1 Å². The highest BCUT2D eigenvalue weighted by molar-refractivity contribution is 7.99. The van der Waals surface area contributed by atoms with Crippen LogP contribution in [0.1, 0.15) is 36.0 Å². The molecule has 1 aliphatic heterocycles. The normalized spacial score (nSPS) is 14.3. The molecule has 226 valence electrons. The molecule has 0 unspecified atom stereocenters. The standard InChI is InChI=1S/C35H37FN6OS/c1-26-16-17-31-29(24-26)33-34(42(31)25-28-13-5-6-14-30(28)36)37-35(39-38-33)44-23-8-7-15-32(43)41-21-19-40(20-22-41)18-9-12-27-10-3-2-4-11-27/h2-6,9-14,16-17,24H,7-8,15,18-23,25H2,1H3/b12-9+. The average molecular weight is 609 g/mol. The molecule has 1 fully saturated rings. The first kappa shape index (κ1) is 30.0. The third-order valence-corrected chi connectivity index (χ3v) is 9.03. The van der Waals surface area contributed by atoms with Gasteiger partial charge in [-0.25, -0.2) is 9.37 Å². The van der Waals surface area contributed by atoms with Gasteiger partial charge in [-0.05, 0) is 43.5 Å². The molecule has 1 saturated heterocycles. The minimum absolute atomic E-state index is 0.237. The number of fused-ring (bicyclic) bond motifs is 3. The second-order valence-corrected chi connectivity index (χ2v) is 12.3. The SMILES string of the molecule is Cc1ccc2c(c1)c1nnc(SCCCCC(=O)N3CCN(C/C=C/c4ccccc4)CC3)nc1n2Cc1ccccc1F. The van der Waals surface area contributed by atoms with Crippen LogP contribution in [0.5, 0.6) is 0 Å². The van der Waals surface area contributed by atoms with Gasteiger partial charge in [0.15, 0.2) is 5.65 Å². The number of aryl methyl sites for hydroxylation is 1. The lowest BCUT2D eigenvalue weighted by Gasteiger charge is -2.34. The number of piperazine rings is 1. The first-order chi connectivity index (χ1) is 21.5. The summed E-state index contributed by atoms with van der Waals surface area (Å²) in [5.74, 6) is 0.801. The molecule has 0 aliphatic carbocycles. The largest absolute Gasteiger partial charge is 0.340 e. The second kappa shape index (κ2) is 14.1. The Balaban J connectivity index is 0.996. The summed E-state index contributed by atoms with van der Waals surface area (Å²) < 4.78 is 16.6. The van der Waals surface area contributed by atoms with Crippen molar-refractivity contribution in [3.8, 4) is 0 Å². The van der Waals surface area contributed by atoms with E-state index in [1.807, 2.05) is 52.8 Å². The molecule has 0 N–H and O–H groups in total. The molecule has 1 amide bonds. The molecule has 2 aromatic heterocycles. The molecular weight excluding hydrogens is 571 g/mol. The van der Waals surface area contributed by atoms with Gasteiger partial charge in [0.05, 0.1) is 12.1 Å². The van der Waals surface area contributed by atoms with Crippen molar-refractivity contribution < 1.29 is 9.18 Å². The van der Waals surface area contributed by atoms with E-state index in [1.165, 1.54) is 11.6 Å². The molecule has 1 aliphatic rings. The maximum absolute atomic E-state index is 14.6. The highest BCUT2D eigenvalue weighted by Crippen LogP contribution is 2.29. The van der Waals surface area contributed by atoms with Crippen molar-refractivity contribution in [3.05, 3.63) is 101 Å². The zero-order valence-corrected chi connectivity index (χ0v) is 25.8. The minimum atomic E-state index is -0.237. The number of nitrogens with zero attached hydrogens (tertiary/aromatic N) is 6. The average Bonchev–Trinajstić information content (AvgIpc) is 3.34. The van der Waals surface area contributed by atoms with Crippen LogP contribution in [0.4, 0.5) is 4.39 Å². The Bertz CT molecular complexity index is 1760. The lowest BCUT2D eigenvalue weighted by molar-refractivity contribution is -0.132. The van der Waals surface area contributed by atoms with Crippen molar-refractivity contribution in [1.29, 1.82) is 0 Å². The zero-order chi connectivity index (χ0) is 30.3. The van der Waals surface area contributed by atoms with Crippen molar-refractivity contribution in [2.75, 3.05) is 38.5 Å². The summed E-state index contributed by atoms with van der Waals surface area (Å²) in [6.07, 6.45) is 6.63. The van der Waals surface area contributed by atoms with Crippen LogP contribution in [0, 0.1) is 12.7 Å². The quantitative estimate of drug-likeness (QED) is 0.124. The Labute approximate surface area is 261 Å². The van der Waals surface area contributed by atoms with Crippen LogP contribution in [-0.2, 0) is 11.3 Å². The second-order valence-electron chi connectivity index (χ2n) is 11.3. The van der Waals surface area contributed by atoms with E-state index in [1.54, 1.807) is 23.9 Å². The van der Waals surface area contributed by atoms with Gasteiger partial charge in [-0.15, -0.1) is 10.2 Å². The van der Waals surface area contributed by atoms with Crippen LogP contribution < -0.4 is 0 Å². The monoisotopic (exact) mass is 608 g/mol. The Kier molecular flexibility index (Phi) is 9.63. The molecule has 9 heteroatoms. The molecule has 0 spiro atoms. The molecule has 7 nitrogen and oxygen atoms in total. The topological polar surface area (TPSA) is 67.2 Å². The van der Waals surface area contributed by atoms with Crippen molar-refractivity contribution in [2.24, 2.45) is 0 Å². The lowest BCUT2D eigenvalue weighted by Crippen LogP contribution is -2.48. The summed E-state index contributed by atoms with van der Waals surface area (Å²) in [5, 5.41) is 10.5. The van der Waals surface area contributed by atoms with Crippen LogP contribution in [0.3, 0.4) is 0 Å². The smallest absolute Gasteiger partial charge is 0.222 e. The first-order valence-electron chi connectivity index (χ1n) is 15.3.